The molecule has 4 N–H and O–H groups in total. The van der Waals surface area contributed by atoms with Gasteiger partial charge in [-0.05, 0) is 17.0 Å². The maximum absolute atomic E-state index is 12.7. The average molecular weight is 532 g/mol. The van der Waals surface area contributed by atoms with E-state index in [9.17, 15) is 27.9 Å². The first kappa shape index (κ1) is 23.7. The topological polar surface area (TPSA) is 183 Å². The fourth-order valence-corrected chi connectivity index (χ4v) is 6.80. The SMILES string of the molecule is O=C(Cc1cccs1)NC1C(=O)N2C(C(=O)O)=C(CSc3n[nH]c(CS(=O)(=O)O)n3)CS[C@@H]12. The average Bonchev–Trinajstić information content (AvgIpc) is 3.40. The molecular weight excluding hydrogens is 514 g/mol. The number of fused-ring (bicyclic) bond motifs is 1. The number of β-lactam (4-membered cyclic amide) rings is 1. The Labute approximate surface area is 200 Å². The van der Waals surface area contributed by atoms with Gasteiger partial charge < -0.3 is 10.4 Å². The summed E-state index contributed by atoms with van der Waals surface area (Å²) in [5.74, 6) is -2.34. The number of H-pyrrole nitrogens is 1. The molecule has 0 spiro atoms. The molecule has 0 bridgehead atoms. The van der Waals surface area contributed by atoms with Gasteiger partial charge in [0.1, 0.15) is 28.7 Å². The highest BCUT2D eigenvalue weighted by molar-refractivity contribution is 8.01. The summed E-state index contributed by atoms with van der Waals surface area (Å²) in [4.78, 5) is 42.9. The van der Waals surface area contributed by atoms with Crippen LogP contribution in [-0.2, 0) is 36.7 Å². The van der Waals surface area contributed by atoms with Crippen molar-refractivity contribution in [2.75, 3.05) is 11.5 Å². The molecule has 0 saturated carbocycles. The van der Waals surface area contributed by atoms with E-state index in [1.807, 2.05) is 17.5 Å². The van der Waals surface area contributed by atoms with Crippen molar-refractivity contribution >= 4 is 62.8 Å². The Morgan fingerprint density at radius 1 is 1.39 bits per heavy atom. The molecule has 0 aromatic carbocycles. The van der Waals surface area contributed by atoms with Crippen molar-refractivity contribution in [3.63, 3.8) is 0 Å². The van der Waals surface area contributed by atoms with E-state index in [1.165, 1.54) is 28.0 Å². The third kappa shape index (κ3) is 5.40. The third-order valence-corrected chi connectivity index (χ3v) is 8.47. The molecule has 1 saturated heterocycles. The van der Waals surface area contributed by atoms with E-state index in [-0.39, 0.29) is 34.8 Å². The number of hydrogen-bond donors (Lipinski definition) is 4. The fourth-order valence-electron chi connectivity index (χ4n) is 3.32. The second kappa shape index (κ2) is 9.46. The second-order valence-electron chi connectivity index (χ2n) is 7.05. The van der Waals surface area contributed by atoms with Crippen LogP contribution in [0.3, 0.4) is 0 Å². The van der Waals surface area contributed by atoms with Crippen LogP contribution in [0.4, 0.5) is 0 Å². The summed E-state index contributed by atoms with van der Waals surface area (Å²) in [6.07, 6.45) is 0.151. The van der Waals surface area contributed by atoms with E-state index in [4.69, 9.17) is 4.55 Å². The zero-order valence-corrected chi connectivity index (χ0v) is 19.9. The Bertz CT molecular complexity index is 1220. The van der Waals surface area contributed by atoms with Crippen LogP contribution >= 0.6 is 34.9 Å². The molecule has 176 valence electrons. The van der Waals surface area contributed by atoms with Gasteiger partial charge in [0.05, 0.1) is 6.42 Å². The monoisotopic (exact) mass is 531 g/mol. The van der Waals surface area contributed by atoms with Crippen molar-refractivity contribution < 1.29 is 32.5 Å². The lowest BCUT2D eigenvalue weighted by Gasteiger charge is -2.49. The van der Waals surface area contributed by atoms with Crippen LogP contribution < -0.4 is 5.32 Å². The van der Waals surface area contributed by atoms with Crippen LogP contribution in [0.15, 0.2) is 33.9 Å². The summed E-state index contributed by atoms with van der Waals surface area (Å²) < 4.78 is 30.7. The van der Waals surface area contributed by atoms with Crippen molar-refractivity contribution in [3.8, 4) is 0 Å². The number of amides is 2. The Kier molecular flexibility index (Phi) is 6.81. The van der Waals surface area contributed by atoms with Gasteiger partial charge in [0.2, 0.25) is 11.1 Å². The normalized spacial score (nSPS) is 20.4. The summed E-state index contributed by atoms with van der Waals surface area (Å²) in [5, 5.41) is 20.2. The zero-order valence-electron chi connectivity index (χ0n) is 16.6. The number of thiophene rings is 1. The van der Waals surface area contributed by atoms with Crippen molar-refractivity contribution in [1.29, 1.82) is 0 Å². The summed E-state index contributed by atoms with van der Waals surface area (Å²) in [6.45, 7) is 0. The second-order valence-corrected chi connectivity index (χ2v) is 11.6. The largest absolute Gasteiger partial charge is 0.477 e. The van der Waals surface area contributed by atoms with Gasteiger partial charge in [0.15, 0.2) is 0 Å². The molecule has 16 heteroatoms. The number of carboxylic acids is 1. The number of carbonyl (C=O) groups excluding carboxylic acids is 2. The molecule has 0 radical (unpaired) electrons. The van der Waals surface area contributed by atoms with E-state index < -0.39 is 39.2 Å². The molecule has 1 fully saturated rings. The van der Waals surface area contributed by atoms with E-state index >= 15 is 0 Å². The molecule has 1 unspecified atom stereocenters. The number of hydrogen-bond acceptors (Lipinski definition) is 10. The first-order valence-corrected chi connectivity index (χ1v) is 13.9. The fraction of sp³-hybridized carbons (Fsp3) is 0.353. The van der Waals surface area contributed by atoms with Gasteiger partial charge >= 0.3 is 5.97 Å². The highest BCUT2D eigenvalue weighted by Gasteiger charge is 2.54. The molecule has 0 aliphatic carbocycles. The van der Waals surface area contributed by atoms with Crippen molar-refractivity contribution in [2.45, 2.75) is 28.7 Å². The van der Waals surface area contributed by atoms with Crippen molar-refractivity contribution in [2.24, 2.45) is 0 Å². The summed E-state index contributed by atoms with van der Waals surface area (Å²) in [6, 6.07) is 2.86. The number of thioether (sulfide) groups is 2. The quantitative estimate of drug-likeness (QED) is 0.199. The lowest BCUT2D eigenvalue weighted by atomic mass is 10.0. The van der Waals surface area contributed by atoms with Gasteiger partial charge in [-0.25, -0.2) is 9.78 Å². The molecular formula is C17H17N5O7S4. The van der Waals surface area contributed by atoms with E-state index in [1.54, 1.807) is 0 Å². The minimum absolute atomic E-state index is 0.0513. The molecule has 2 aliphatic rings. The highest BCUT2D eigenvalue weighted by atomic mass is 32.2. The lowest BCUT2D eigenvalue weighted by molar-refractivity contribution is -0.150. The predicted octanol–water partition coefficient (Wildman–Crippen LogP) is 0.327. The van der Waals surface area contributed by atoms with Gasteiger partial charge in [-0.1, -0.05) is 17.8 Å². The van der Waals surface area contributed by atoms with Crippen LogP contribution in [-0.4, -0.2) is 78.9 Å². The van der Waals surface area contributed by atoms with E-state index in [0.29, 0.717) is 11.3 Å². The van der Waals surface area contributed by atoms with Gasteiger partial charge in [-0.15, -0.1) is 28.2 Å². The maximum atomic E-state index is 12.7. The van der Waals surface area contributed by atoms with Gasteiger partial charge in [0.25, 0.3) is 16.0 Å². The Balaban J connectivity index is 1.41. The molecule has 2 aromatic heterocycles. The van der Waals surface area contributed by atoms with Crippen LogP contribution in [0.5, 0.6) is 0 Å². The number of rotatable bonds is 9. The van der Waals surface area contributed by atoms with Gasteiger partial charge in [-0.2, -0.15) is 8.42 Å². The predicted molar refractivity (Wildman–Crippen MR) is 120 cm³/mol. The van der Waals surface area contributed by atoms with Crippen LogP contribution in [0.1, 0.15) is 10.7 Å². The van der Waals surface area contributed by atoms with E-state index in [0.717, 1.165) is 16.6 Å². The number of aromatic amines is 1. The zero-order chi connectivity index (χ0) is 23.8. The van der Waals surface area contributed by atoms with Crippen LogP contribution in [0.25, 0.3) is 0 Å². The van der Waals surface area contributed by atoms with Crippen molar-refractivity contribution in [1.82, 2.24) is 25.4 Å². The summed E-state index contributed by atoms with van der Waals surface area (Å²) in [7, 11) is -4.27. The van der Waals surface area contributed by atoms with Crippen molar-refractivity contribution in [3.05, 3.63) is 39.5 Å². The molecule has 33 heavy (non-hydrogen) atoms. The Morgan fingerprint density at radius 2 is 2.18 bits per heavy atom. The molecule has 12 nitrogen and oxygen atoms in total. The third-order valence-electron chi connectivity index (χ3n) is 4.69. The molecule has 2 amide bonds. The number of nitrogens with one attached hydrogen (secondary N) is 2. The Morgan fingerprint density at radius 3 is 2.85 bits per heavy atom. The number of aliphatic carboxylic acids is 1. The number of carbonyl (C=O) groups is 3. The minimum atomic E-state index is -4.27. The molecule has 4 heterocycles. The van der Waals surface area contributed by atoms with E-state index in [2.05, 4.69) is 20.5 Å². The van der Waals surface area contributed by atoms with Gasteiger partial charge in [-0.3, -0.25) is 24.1 Å². The van der Waals surface area contributed by atoms with Crippen LogP contribution in [0.2, 0.25) is 0 Å². The number of aromatic nitrogens is 3. The lowest BCUT2D eigenvalue weighted by Crippen LogP contribution is -2.70. The smallest absolute Gasteiger partial charge is 0.352 e. The van der Waals surface area contributed by atoms with Gasteiger partial charge in [0, 0.05) is 16.4 Å². The maximum Gasteiger partial charge on any atom is 0.352 e. The first-order valence-electron chi connectivity index (χ1n) is 9.33. The number of carboxylic acid groups (broad SMARTS) is 1. The molecule has 2 aromatic rings. The molecule has 4 rings (SSSR count). The highest BCUT2D eigenvalue weighted by Crippen LogP contribution is 2.41. The van der Waals surface area contributed by atoms with Crippen LogP contribution in [0, 0.1) is 0 Å². The summed E-state index contributed by atoms with van der Waals surface area (Å²) in [5.41, 5.74) is 0.347. The first-order chi connectivity index (χ1) is 15.6. The summed E-state index contributed by atoms with van der Waals surface area (Å²) >= 11 is 3.85. The number of nitrogens with zero attached hydrogens (tertiary/aromatic N) is 3. The molecule has 2 atom stereocenters. The Hall–Kier alpha value is -2.40. The minimum Gasteiger partial charge on any atom is -0.477 e. The standard InChI is InChI=1S/C17H17N5O7S4/c23-11(4-9-2-1-3-30-9)19-12-14(24)22-13(16(25)26)8(5-31-15(12)22)6-32-17-18-10(20-21-17)7-33(27,28)29/h1-3,12,15H,4-7H2,(H,19,23)(H,25,26)(H,18,20,21)(H,27,28,29)/t12?,15-/m0/s1. The molecule has 2 aliphatic heterocycles.